The Labute approximate surface area is 115 Å². The maximum absolute atomic E-state index is 11.6. The fourth-order valence-corrected chi connectivity index (χ4v) is 2.98. The van der Waals surface area contributed by atoms with Crippen LogP contribution in [0.5, 0.6) is 0 Å². The van der Waals surface area contributed by atoms with E-state index in [1.54, 1.807) is 11.3 Å². The van der Waals surface area contributed by atoms with Crippen LogP contribution in [0.4, 0.5) is 0 Å². The number of thiophene rings is 1. The summed E-state index contributed by atoms with van der Waals surface area (Å²) in [6.45, 7) is 4.89. The van der Waals surface area contributed by atoms with E-state index in [0.29, 0.717) is 12.5 Å². The fourth-order valence-electron chi connectivity index (χ4n) is 1.55. The van der Waals surface area contributed by atoms with Gasteiger partial charge in [0.05, 0.1) is 10.9 Å². The number of halogens is 1. The van der Waals surface area contributed by atoms with Gasteiger partial charge < -0.3 is 4.74 Å². The highest BCUT2D eigenvalue weighted by Crippen LogP contribution is 2.22. The lowest BCUT2D eigenvalue weighted by Gasteiger charge is -2.17. The lowest BCUT2D eigenvalue weighted by Crippen LogP contribution is -2.38. The first kappa shape index (κ1) is 14.7. The Morgan fingerprint density at radius 3 is 2.71 bits per heavy atom. The van der Waals surface area contributed by atoms with E-state index in [1.807, 2.05) is 12.1 Å². The van der Waals surface area contributed by atoms with Crippen LogP contribution in [-0.4, -0.2) is 19.1 Å². The number of esters is 1. The molecule has 0 aliphatic carbocycles. The summed E-state index contributed by atoms with van der Waals surface area (Å²) in [5, 5.41) is 3.25. The van der Waals surface area contributed by atoms with Gasteiger partial charge in [-0.15, -0.1) is 11.3 Å². The van der Waals surface area contributed by atoms with Crippen molar-refractivity contribution in [3.63, 3.8) is 0 Å². The van der Waals surface area contributed by atoms with Gasteiger partial charge in [0.2, 0.25) is 0 Å². The molecule has 1 N–H and O–H groups in total. The van der Waals surface area contributed by atoms with Gasteiger partial charge in [-0.05, 0) is 40.4 Å². The highest BCUT2D eigenvalue weighted by molar-refractivity contribution is 9.11. The predicted octanol–water partition coefficient (Wildman–Crippen LogP) is 3.19. The molecule has 0 aromatic carbocycles. The molecule has 0 saturated heterocycles. The Kier molecular flexibility index (Phi) is 6.16. The smallest absolute Gasteiger partial charge is 0.322 e. The quantitative estimate of drug-likeness (QED) is 0.818. The molecule has 0 radical (unpaired) electrons. The molecule has 1 rings (SSSR count). The monoisotopic (exact) mass is 319 g/mol. The summed E-state index contributed by atoms with van der Waals surface area (Å²) in [6, 6.07) is 3.84. The van der Waals surface area contributed by atoms with Crippen LogP contribution in [0.25, 0.3) is 0 Å². The topological polar surface area (TPSA) is 38.3 Å². The van der Waals surface area contributed by atoms with E-state index in [1.165, 1.54) is 12.0 Å². The van der Waals surface area contributed by atoms with E-state index in [-0.39, 0.29) is 12.0 Å². The first-order valence-corrected chi connectivity index (χ1v) is 7.19. The largest absolute Gasteiger partial charge is 0.468 e. The van der Waals surface area contributed by atoms with E-state index in [2.05, 4.69) is 35.1 Å². The zero-order chi connectivity index (χ0) is 12.8. The van der Waals surface area contributed by atoms with Gasteiger partial charge in [0.25, 0.3) is 0 Å². The van der Waals surface area contributed by atoms with Crippen molar-refractivity contribution in [2.45, 2.75) is 32.9 Å². The van der Waals surface area contributed by atoms with E-state index < -0.39 is 0 Å². The van der Waals surface area contributed by atoms with Gasteiger partial charge in [0.15, 0.2) is 0 Å². The first-order valence-electron chi connectivity index (χ1n) is 5.58. The van der Waals surface area contributed by atoms with Crippen LogP contribution in [0.15, 0.2) is 15.9 Å². The van der Waals surface area contributed by atoms with Gasteiger partial charge in [-0.3, -0.25) is 10.1 Å². The van der Waals surface area contributed by atoms with Gasteiger partial charge in [-0.2, -0.15) is 0 Å². The molecule has 3 nitrogen and oxygen atoms in total. The zero-order valence-corrected chi connectivity index (χ0v) is 12.7. The van der Waals surface area contributed by atoms with E-state index >= 15 is 0 Å². The number of nitrogens with one attached hydrogen (secondary N) is 1. The molecule has 1 atom stereocenters. The molecule has 0 fully saturated rings. The molecule has 1 aromatic heterocycles. The summed E-state index contributed by atoms with van der Waals surface area (Å²) in [5.74, 6) is 0.274. The molecule has 5 heteroatoms. The van der Waals surface area contributed by atoms with Crippen molar-refractivity contribution in [3.05, 3.63) is 20.8 Å². The van der Waals surface area contributed by atoms with Crippen LogP contribution >= 0.6 is 27.3 Å². The Morgan fingerprint density at radius 2 is 2.24 bits per heavy atom. The zero-order valence-electron chi connectivity index (χ0n) is 10.3. The summed E-state index contributed by atoms with van der Waals surface area (Å²) in [6.07, 6.45) is 0.791. The second kappa shape index (κ2) is 7.13. The van der Waals surface area contributed by atoms with E-state index in [0.717, 1.165) is 10.2 Å². The number of hydrogen-bond donors (Lipinski definition) is 1. The number of methoxy groups -OCH3 is 1. The molecule has 0 spiro atoms. The third-order valence-electron chi connectivity index (χ3n) is 2.34. The minimum Gasteiger partial charge on any atom is -0.468 e. The van der Waals surface area contributed by atoms with Crippen LogP contribution in [-0.2, 0) is 16.1 Å². The molecule has 96 valence electrons. The Balaban J connectivity index is 2.51. The normalized spacial score (nSPS) is 12.8. The number of carbonyl (C=O) groups is 1. The lowest BCUT2D eigenvalue weighted by atomic mass is 10.0. The number of carbonyl (C=O) groups excluding carboxylic acids is 1. The van der Waals surface area contributed by atoms with Gasteiger partial charge >= 0.3 is 5.97 Å². The van der Waals surface area contributed by atoms with Crippen molar-refractivity contribution in [2.24, 2.45) is 5.92 Å². The number of hydrogen-bond acceptors (Lipinski definition) is 4. The molecule has 0 amide bonds. The predicted molar refractivity (Wildman–Crippen MR) is 74.1 cm³/mol. The second-order valence-corrected chi connectivity index (χ2v) is 6.84. The van der Waals surface area contributed by atoms with Crippen molar-refractivity contribution < 1.29 is 9.53 Å². The highest BCUT2D eigenvalue weighted by atomic mass is 79.9. The van der Waals surface area contributed by atoms with Crippen molar-refractivity contribution in [3.8, 4) is 0 Å². The van der Waals surface area contributed by atoms with Crippen LogP contribution in [0.2, 0.25) is 0 Å². The van der Waals surface area contributed by atoms with E-state index in [4.69, 9.17) is 4.74 Å². The van der Waals surface area contributed by atoms with Gasteiger partial charge in [0, 0.05) is 11.4 Å². The minimum absolute atomic E-state index is 0.186. The molecule has 1 heterocycles. The molecule has 0 bridgehead atoms. The molecule has 1 aromatic rings. The molecule has 0 saturated carbocycles. The van der Waals surface area contributed by atoms with Crippen molar-refractivity contribution in [1.29, 1.82) is 0 Å². The summed E-state index contributed by atoms with van der Waals surface area (Å²) in [7, 11) is 1.43. The molecule has 1 unspecified atom stereocenters. The molecule has 0 aliphatic rings. The van der Waals surface area contributed by atoms with Crippen molar-refractivity contribution in [2.75, 3.05) is 7.11 Å². The average molecular weight is 320 g/mol. The van der Waals surface area contributed by atoms with Crippen molar-refractivity contribution >= 4 is 33.2 Å². The fraction of sp³-hybridized carbons (Fsp3) is 0.583. The third kappa shape index (κ3) is 5.19. The maximum atomic E-state index is 11.6. The molecule has 17 heavy (non-hydrogen) atoms. The third-order valence-corrected chi connectivity index (χ3v) is 3.97. The molecular weight excluding hydrogens is 302 g/mol. The van der Waals surface area contributed by atoms with Crippen molar-refractivity contribution in [1.82, 2.24) is 5.32 Å². The Hall–Kier alpha value is -0.390. The van der Waals surface area contributed by atoms with Crippen LogP contribution in [0.1, 0.15) is 25.1 Å². The first-order chi connectivity index (χ1) is 8.02. The number of ether oxygens (including phenoxy) is 1. The second-order valence-electron chi connectivity index (χ2n) is 4.29. The lowest BCUT2D eigenvalue weighted by molar-refractivity contribution is -0.143. The Morgan fingerprint density at radius 1 is 1.53 bits per heavy atom. The van der Waals surface area contributed by atoms with Gasteiger partial charge in [-0.1, -0.05) is 13.8 Å². The van der Waals surface area contributed by atoms with Crippen LogP contribution in [0, 0.1) is 5.92 Å². The average Bonchev–Trinajstić information content (AvgIpc) is 2.68. The molecule has 0 aliphatic heterocycles. The maximum Gasteiger partial charge on any atom is 0.322 e. The van der Waals surface area contributed by atoms with E-state index in [9.17, 15) is 4.79 Å². The summed E-state index contributed by atoms with van der Waals surface area (Å²) < 4.78 is 5.90. The van der Waals surface area contributed by atoms with Crippen LogP contribution in [0.3, 0.4) is 0 Å². The SMILES string of the molecule is COC(=O)C(CC(C)C)NCc1ccc(Br)s1. The van der Waals surface area contributed by atoms with Gasteiger partial charge in [-0.25, -0.2) is 0 Å². The summed E-state index contributed by atoms with van der Waals surface area (Å²) in [5.41, 5.74) is 0. The summed E-state index contributed by atoms with van der Waals surface area (Å²) in [4.78, 5) is 12.8. The summed E-state index contributed by atoms with van der Waals surface area (Å²) >= 11 is 5.09. The minimum atomic E-state index is -0.221. The highest BCUT2D eigenvalue weighted by Gasteiger charge is 2.19. The van der Waals surface area contributed by atoms with Gasteiger partial charge in [0.1, 0.15) is 6.04 Å². The standard InChI is InChI=1S/C12H18BrNO2S/c1-8(2)6-10(12(15)16-3)14-7-9-4-5-11(13)17-9/h4-5,8,10,14H,6-7H2,1-3H3. The Bertz CT molecular complexity index is 365. The molecular formula is C12H18BrNO2S. The number of rotatable bonds is 6. The van der Waals surface area contributed by atoms with Crippen LogP contribution < -0.4 is 5.32 Å².